The van der Waals surface area contributed by atoms with E-state index in [-0.39, 0.29) is 0 Å². The van der Waals surface area contributed by atoms with Crippen molar-refractivity contribution in [2.75, 3.05) is 33.4 Å². The second kappa shape index (κ2) is 6.76. The lowest BCUT2D eigenvalue weighted by molar-refractivity contribution is 0.123. The van der Waals surface area contributed by atoms with E-state index >= 15 is 0 Å². The van der Waals surface area contributed by atoms with Gasteiger partial charge >= 0.3 is 0 Å². The quantitative estimate of drug-likeness (QED) is 0.885. The average Bonchev–Trinajstić information content (AvgIpc) is 2.67. The summed E-state index contributed by atoms with van der Waals surface area (Å²) in [6, 6.07) is 6.52. The third kappa shape index (κ3) is 3.47. The lowest BCUT2D eigenvalue weighted by atomic mass is 9.97. The van der Waals surface area contributed by atoms with Crippen LogP contribution < -0.4 is 10.1 Å². The summed E-state index contributed by atoms with van der Waals surface area (Å²) in [5.74, 6) is 1.57. The number of benzene rings is 1. The van der Waals surface area contributed by atoms with E-state index in [0.29, 0.717) is 5.92 Å². The molecule has 0 spiro atoms. The van der Waals surface area contributed by atoms with E-state index in [4.69, 9.17) is 9.47 Å². The monoisotopic (exact) mass is 249 g/mol. The minimum atomic E-state index is 0.575. The SMILES string of the molecule is CCc1cc(CC2CNCCOC2)ccc1OC. The van der Waals surface area contributed by atoms with Crippen LogP contribution in [0.1, 0.15) is 18.1 Å². The number of hydrogen-bond donors (Lipinski definition) is 1. The molecule has 0 amide bonds. The predicted molar refractivity (Wildman–Crippen MR) is 73.3 cm³/mol. The lowest BCUT2D eigenvalue weighted by Crippen LogP contribution is -2.24. The molecule has 3 nitrogen and oxygen atoms in total. The molecular formula is C15H23NO2. The molecule has 1 aromatic rings. The fourth-order valence-electron chi connectivity index (χ4n) is 2.46. The molecule has 3 heteroatoms. The topological polar surface area (TPSA) is 30.5 Å². The van der Waals surface area contributed by atoms with Crippen LogP contribution in [-0.2, 0) is 17.6 Å². The number of rotatable bonds is 4. The van der Waals surface area contributed by atoms with E-state index in [1.165, 1.54) is 11.1 Å². The second-order valence-corrected chi connectivity index (χ2v) is 4.85. The van der Waals surface area contributed by atoms with Crippen LogP contribution in [0, 0.1) is 5.92 Å². The van der Waals surface area contributed by atoms with Crippen molar-refractivity contribution in [3.05, 3.63) is 29.3 Å². The Morgan fingerprint density at radius 2 is 2.33 bits per heavy atom. The van der Waals surface area contributed by atoms with Crippen molar-refractivity contribution in [1.82, 2.24) is 5.32 Å². The molecule has 1 atom stereocenters. The first-order chi connectivity index (χ1) is 8.83. The number of ether oxygens (including phenoxy) is 2. The van der Waals surface area contributed by atoms with E-state index in [9.17, 15) is 0 Å². The third-order valence-corrected chi connectivity index (χ3v) is 3.46. The number of hydrogen-bond acceptors (Lipinski definition) is 3. The molecule has 0 bridgehead atoms. The van der Waals surface area contributed by atoms with E-state index in [1.54, 1.807) is 7.11 Å². The van der Waals surface area contributed by atoms with Gasteiger partial charge in [-0.3, -0.25) is 0 Å². The molecule has 18 heavy (non-hydrogen) atoms. The normalized spacial score (nSPS) is 20.4. The van der Waals surface area contributed by atoms with Crippen LogP contribution in [0.2, 0.25) is 0 Å². The molecule has 0 radical (unpaired) electrons. The Morgan fingerprint density at radius 3 is 3.11 bits per heavy atom. The van der Waals surface area contributed by atoms with Gasteiger partial charge in [-0.05, 0) is 36.0 Å². The maximum Gasteiger partial charge on any atom is 0.122 e. The van der Waals surface area contributed by atoms with Gasteiger partial charge in [-0.2, -0.15) is 0 Å². The number of nitrogens with one attached hydrogen (secondary N) is 1. The van der Waals surface area contributed by atoms with E-state index in [1.807, 2.05) is 0 Å². The molecule has 2 rings (SSSR count). The highest BCUT2D eigenvalue weighted by atomic mass is 16.5. The van der Waals surface area contributed by atoms with E-state index in [0.717, 1.165) is 44.9 Å². The summed E-state index contributed by atoms with van der Waals surface area (Å²) >= 11 is 0. The molecule has 1 aromatic carbocycles. The molecule has 1 unspecified atom stereocenters. The zero-order chi connectivity index (χ0) is 12.8. The van der Waals surface area contributed by atoms with Crippen LogP contribution in [-0.4, -0.2) is 33.4 Å². The van der Waals surface area contributed by atoms with E-state index in [2.05, 4.69) is 30.4 Å². The Hall–Kier alpha value is -1.06. The Bertz CT molecular complexity index is 371. The molecule has 1 heterocycles. The van der Waals surface area contributed by atoms with E-state index < -0.39 is 0 Å². The van der Waals surface area contributed by atoms with Gasteiger partial charge in [-0.1, -0.05) is 19.1 Å². The summed E-state index contributed by atoms with van der Waals surface area (Å²) in [5, 5.41) is 3.42. The van der Waals surface area contributed by atoms with Crippen LogP contribution in [0.15, 0.2) is 18.2 Å². The van der Waals surface area contributed by atoms with Crippen molar-refractivity contribution in [3.8, 4) is 5.75 Å². The van der Waals surface area contributed by atoms with Crippen molar-refractivity contribution in [3.63, 3.8) is 0 Å². The highest BCUT2D eigenvalue weighted by molar-refractivity contribution is 5.37. The molecule has 1 fully saturated rings. The molecule has 1 N–H and O–H groups in total. The molecule has 1 aliphatic rings. The Morgan fingerprint density at radius 1 is 1.44 bits per heavy atom. The standard InChI is InChI=1S/C15H23NO2/c1-3-14-9-12(4-5-15(14)17-2)8-13-10-16-6-7-18-11-13/h4-5,9,13,16H,3,6-8,10-11H2,1-2H3. The molecule has 1 saturated heterocycles. The molecule has 0 aliphatic carbocycles. The zero-order valence-electron chi connectivity index (χ0n) is 11.4. The smallest absolute Gasteiger partial charge is 0.122 e. The summed E-state index contributed by atoms with van der Waals surface area (Å²) in [4.78, 5) is 0. The summed E-state index contributed by atoms with van der Waals surface area (Å²) in [5.41, 5.74) is 2.67. The fraction of sp³-hybridized carbons (Fsp3) is 0.600. The van der Waals surface area contributed by atoms with Gasteiger partial charge in [-0.15, -0.1) is 0 Å². The molecule has 100 valence electrons. The molecule has 1 aliphatic heterocycles. The van der Waals surface area contributed by atoms with Gasteiger partial charge in [-0.25, -0.2) is 0 Å². The minimum Gasteiger partial charge on any atom is -0.496 e. The number of methoxy groups -OCH3 is 1. The molecular weight excluding hydrogens is 226 g/mol. The second-order valence-electron chi connectivity index (χ2n) is 4.85. The van der Waals surface area contributed by atoms with Crippen LogP contribution >= 0.6 is 0 Å². The van der Waals surface area contributed by atoms with Gasteiger partial charge < -0.3 is 14.8 Å². The fourth-order valence-corrected chi connectivity index (χ4v) is 2.46. The Balaban J connectivity index is 2.03. The summed E-state index contributed by atoms with van der Waals surface area (Å²) in [6.07, 6.45) is 2.08. The third-order valence-electron chi connectivity index (χ3n) is 3.46. The minimum absolute atomic E-state index is 0.575. The van der Waals surface area contributed by atoms with Crippen molar-refractivity contribution in [2.24, 2.45) is 5.92 Å². The molecule has 0 saturated carbocycles. The van der Waals surface area contributed by atoms with Gasteiger partial charge in [0.1, 0.15) is 5.75 Å². The maximum atomic E-state index is 5.59. The predicted octanol–water partition coefficient (Wildman–Crippen LogP) is 2.04. The maximum absolute atomic E-state index is 5.59. The summed E-state index contributed by atoms with van der Waals surface area (Å²) in [6.45, 7) is 5.88. The van der Waals surface area contributed by atoms with Gasteiger partial charge in [0, 0.05) is 13.1 Å². The number of aryl methyl sites for hydroxylation is 1. The van der Waals surface area contributed by atoms with Crippen molar-refractivity contribution < 1.29 is 9.47 Å². The van der Waals surface area contributed by atoms with Gasteiger partial charge in [0.2, 0.25) is 0 Å². The van der Waals surface area contributed by atoms with Gasteiger partial charge in [0.25, 0.3) is 0 Å². The van der Waals surface area contributed by atoms with Gasteiger partial charge in [0.05, 0.1) is 20.3 Å². The first-order valence-corrected chi connectivity index (χ1v) is 6.77. The van der Waals surface area contributed by atoms with Gasteiger partial charge in [0.15, 0.2) is 0 Å². The average molecular weight is 249 g/mol. The Labute approximate surface area is 109 Å². The largest absolute Gasteiger partial charge is 0.496 e. The summed E-state index contributed by atoms with van der Waals surface area (Å²) in [7, 11) is 1.73. The van der Waals surface area contributed by atoms with Crippen LogP contribution in [0.5, 0.6) is 5.75 Å². The zero-order valence-corrected chi connectivity index (χ0v) is 11.4. The summed E-state index contributed by atoms with van der Waals surface area (Å²) < 4.78 is 11.0. The van der Waals surface area contributed by atoms with Crippen molar-refractivity contribution in [2.45, 2.75) is 19.8 Å². The first kappa shape index (κ1) is 13.4. The van der Waals surface area contributed by atoms with Crippen LogP contribution in [0.4, 0.5) is 0 Å². The van der Waals surface area contributed by atoms with Crippen LogP contribution in [0.3, 0.4) is 0 Å². The highest BCUT2D eigenvalue weighted by Gasteiger charge is 2.13. The van der Waals surface area contributed by atoms with Crippen molar-refractivity contribution in [1.29, 1.82) is 0 Å². The Kier molecular flexibility index (Phi) is 5.02. The highest BCUT2D eigenvalue weighted by Crippen LogP contribution is 2.22. The molecule has 0 aromatic heterocycles. The first-order valence-electron chi connectivity index (χ1n) is 6.77. The van der Waals surface area contributed by atoms with Crippen molar-refractivity contribution >= 4 is 0 Å². The lowest BCUT2D eigenvalue weighted by Gasteiger charge is -2.15. The van der Waals surface area contributed by atoms with Crippen LogP contribution in [0.25, 0.3) is 0 Å².